The Morgan fingerprint density at radius 3 is 2.20 bits per heavy atom. The zero-order valence-corrected chi connectivity index (χ0v) is 15.5. The van der Waals surface area contributed by atoms with Gasteiger partial charge in [-0.2, -0.15) is 0 Å². The zero-order valence-electron chi connectivity index (χ0n) is 14.7. The molecule has 8 heteroatoms. The molecule has 1 heterocycles. The van der Waals surface area contributed by atoms with E-state index in [0.29, 0.717) is 12.8 Å². The highest BCUT2D eigenvalue weighted by atomic mass is 32.2. The molecule has 0 bridgehead atoms. The lowest BCUT2D eigenvalue weighted by atomic mass is 10.0. The van der Waals surface area contributed by atoms with E-state index in [9.17, 15) is 22.0 Å². The molecule has 1 fully saturated rings. The van der Waals surface area contributed by atoms with Crippen LogP contribution in [0.1, 0.15) is 31.4 Å². The summed E-state index contributed by atoms with van der Waals surface area (Å²) in [7, 11) is 0.0312. The number of amides is 1. The van der Waals surface area contributed by atoms with Crippen LogP contribution in [-0.2, 0) is 14.6 Å². The first-order valence-corrected chi connectivity index (χ1v) is 10.0. The Kier molecular flexibility index (Phi) is 6.16. The van der Waals surface area contributed by atoms with Crippen LogP contribution in [-0.4, -0.2) is 62.3 Å². The van der Waals surface area contributed by atoms with E-state index >= 15 is 0 Å². The molecular formula is C17H24F2N2O3S. The zero-order chi connectivity index (χ0) is 18.8. The van der Waals surface area contributed by atoms with Gasteiger partial charge in [0.1, 0.15) is 17.7 Å². The topological polar surface area (TPSA) is 57.7 Å². The lowest BCUT2D eigenvalue weighted by Gasteiger charge is -2.35. The fourth-order valence-corrected chi connectivity index (χ4v) is 4.62. The number of benzene rings is 1. The van der Waals surface area contributed by atoms with Crippen molar-refractivity contribution < 1.29 is 22.0 Å². The van der Waals surface area contributed by atoms with Crippen molar-refractivity contribution in [2.24, 2.45) is 0 Å². The molecule has 0 N–H and O–H groups in total. The molecule has 1 aliphatic heterocycles. The van der Waals surface area contributed by atoms with Gasteiger partial charge in [0.05, 0.1) is 10.8 Å². The quantitative estimate of drug-likeness (QED) is 0.791. The average Bonchev–Trinajstić information content (AvgIpc) is 2.57. The normalized spacial score (nSPS) is 17.8. The van der Waals surface area contributed by atoms with Crippen LogP contribution in [0.25, 0.3) is 0 Å². The van der Waals surface area contributed by atoms with Gasteiger partial charge >= 0.3 is 0 Å². The van der Waals surface area contributed by atoms with Crippen LogP contribution < -0.4 is 0 Å². The Bertz CT molecular complexity index is 709. The minimum absolute atomic E-state index is 0.0758. The number of carbonyl (C=O) groups excluding carboxylic acids is 1. The van der Waals surface area contributed by atoms with Crippen molar-refractivity contribution in [3.05, 3.63) is 35.4 Å². The average molecular weight is 374 g/mol. The van der Waals surface area contributed by atoms with Crippen LogP contribution in [0.15, 0.2) is 18.2 Å². The second-order valence-electron chi connectivity index (χ2n) is 6.48. The van der Waals surface area contributed by atoms with Crippen LogP contribution in [0.3, 0.4) is 0 Å². The number of likely N-dealkylation sites (tertiary alicyclic amines) is 1. The molecule has 1 saturated heterocycles. The van der Waals surface area contributed by atoms with E-state index in [1.165, 1.54) is 15.9 Å². The molecule has 25 heavy (non-hydrogen) atoms. The molecule has 1 amide bonds. The van der Waals surface area contributed by atoms with E-state index in [1.54, 1.807) is 21.0 Å². The summed E-state index contributed by atoms with van der Waals surface area (Å²) in [5, 5.41) is -0.454. The van der Waals surface area contributed by atoms with E-state index in [1.807, 2.05) is 0 Å². The second-order valence-corrected chi connectivity index (χ2v) is 9.05. The summed E-state index contributed by atoms with van der Waals surface area (Å²) < 4.78 is 52.2. The summed E-state index contributed by atoms with van der Waals surface area (Å²) in [6.45, 7) is 2.14. The van der Waals surface area contributed by atoms with Crippen LogP contribution in [0.2, 0.25) is 0 Å². The molecular weight excluding hydrogens is 350 g/mol. The SMILES string of the molecule is CCS(=O)(=O)C1CCN(C(=O)C(c2c(F)cccc2F)N(C)C)CC1. The van der Waals surface area contributed by atoms with Crippen molar-refractivity contribution in [2.45, 2.75) is 31.1 Å². The van der Waals surface area contributed by atoms with Crippen molar-refractivity contribution in [3.8, 4) is 0 Å². The maximum atomic E-state index is 14.1. The first-order chi connectivity index (χ1) is 11.7. The van der Waals surface area contributed by atoms with Gasteiger partial charge in [-0.1, -0.05) is 13.0 Å². The van der Waals surface area contributed by atoms with Crippen molar-refractivity contribution in [1.29, 1.82) is 0 Å². The Morgan fingerprint density at radius 2 is 1.76 bits per heavy atom. The third-order valence-corrected chi connectivity index (χ3v) is 6.98. The molecule has 1 aliphatic rings. The monoisotopic (exact) mass is 374 g/mol. The molecule has 1 unspecified atom stereocenters. The molecule has 0 aromatic heterocycles. The number of piperidine rings is 1. The molecule has 0 radical (unpaired) electrons. The minimum Gasteiger partial charge on any atom is -0.341 e. The summed E-state index contributed by atoms with van der Waals surface area (Å²) in [4.78, 5) is 15.8. The largest absolute Gasteiger partial charge is 0.341 e. The summed E-state index contributed by atoms with van der Waals surface area (Å²) in [5.41, 5.74) is -0.277. The van der Waals surface area contributed by atoms with Gasteiger partial charge in [-0.25, -0.2) is 17.2 Å². The molecule has 0 spiro atoms. The number of halogens is 2. The third kappa shape index (κ3) is 4.17. The fraction of sp³-hybridized carbons (Fsp3) is 0.588. The highest BCUT2D eigenvalue weighted by molar-refractivity contribution is 7.92. The van der Waals surface area contributed by atoms with E-state index in [-0.39, 0.29) is 24.4 Å². The molecule has 1 aromatic rings. The van der Waals surface area contributed by atoms with Gasteiger partial charge in [0.15, 0.2) is 9.84 Å². The Hall–Kier alpha value is -1.54. The molecule has 140 valence electrons. The molecule has 0 aliphatic carbocycles. The van der Waals surface area contributed by atoms with Crippen molar-refractivity contribution in [2.75, 3.05) is 32.9 Å². The van der Waals surface area contributed by atoms with Crippen LogP contribution in [0.5, 0.6) is 0 Å². The van der Waals surface area contributed by atoms with Gasteiger partial charge in [0, 0.05) is 18.8 Å². The third-order valence-electron chi connectivity index (χ3n) is 4.69. The summed E-state index contributed by atoms with van der Waals surface area (Å²) in [6, 6.07) is 2.43. The number of likely N-dealkylation sites (N-methyl/N-ethyl adjacent to an activating group) is 1. The van der Waals surface area contributed by atoms with Crippen molar-refractivity contribution in [1.82, 2.24) is 9.80 Å². The van der Waals surface area contributed by atoms with Crippen molar-refractivity contribution >= 4 is 15.7 Å². The number of rotatable bonds is 5. The Morgan fingerprint density at radius 1 is 1.24 bits per heavy atom. The van der Waals surface area contributed by atoms with E-state index < -0.39 is 38.7 Å². The molecule has 0 saturated carbocycles. The van der Waals surface area contributed by atoms with Gasteiger partial charge in [-0.05, 0) is 39.1 Å². The number of hydrogen-bond acceptors (Lipinski definition) is 4. The predicted octanol–water partition coefficient (Wildman–Crippen LogP) is 1.99. The highest BCUT2D eigenvalue weighted by Crippen LogP contribution is 2.28. The number of sulfone groups is 1. The lowest BCUT2D eigenvalue weighted by molar-refractivity contribution is -0.137. The summed E-state index contributed by atoms with van der Waals surface area (Å²) in [5.74, 6) is -1.88. The van der Waals surface area contributed by atoms with Gasteiger partial charge in [0.2, 0.25) is 5.91 Å². The van der Waals surface area contributed by atoms with Gasteiger partial charge in [-0.3, -0.25) is 9.69 Å². The van der Waals surface area contributed by atoms with Gasteiger partial charge < -0.3 is 4.90 Å². The summed E-state index contributed by atoms with van der Waals surface area (Å²) in [6.07, 6.45) is 0.698. The van der Waals surface area contributed by atoms with Gasteiger partial charge in [0.25, 0.3) is 0 Å². The lowest BCUT2D eigenvalue weighted by Crippen LogP contribution is -2.47. The number of nitrogens with zero attached hydrogens (tertiary/aromatic N) is 2. The van der Waals surface area contributed by atoms with Gasteiger partial charge in [-0.15, -0.1) is 0 Å². The second kappa shape index (κ2) is 7.78. The molecule has 5 nitrogen and oxygen atoms in total. The first kappa shape index (κ1) is 19.8. The number of carbonyl (C=O) groups is 1. The van der Waals surface area contributed by atoms with E-state index in [4.69, 9.17) is 0 Å². The van der Waals surface area contributed by atoms with Crippen LogP contribution in [0, 0.1) is 11.6 Å². The predicted molar refractivity (Wildman–Crippen MR) is 91.8 cm³/mol. The standard InChI is InChI=1S/C17H24F2N2O3S/c1-4-25(23,24)12-8-10-21(11-9-12)17(22)16(20(2)3)15-13(18)6-5-7-14(15)19/h5-7,12,16H,4,8-11H2,1-3H3. The minimum atomic E-state index is -3.14. The Labute approximate surface area is 147 Å². The fourth-order valence-electron chi connectivity index (χ4n) is 3.22. The maximum absolute atomic E-state index is 14.1. The maximum Gasteiger partial charge on any atom is 0.244 e. The van der Waals surface area contributed by atoms with E-state index in [2.05, 4.69) is 0 Å². The highest BCUT2D eigenvalue weighted by Gasteiger charge is 2.36. The molecule has 1 aromatic carbocycles. The van der Waals surface area contributed by atoms with Crippen LogP contribution in [0.4, 0.5) is 8.78 Å². The smallest absolute Gasteiger partial charge is 0.244 e. The van der Waals surface area contributed by atoms with Crippen molar-refractivity contribution in [3.63, 3.8) is 0 Å². The number of hydrogen-bond donors (Lipinski definition) is 0. The molecule has 2 rings (SSSR count). The van der Waals surface area contributed by atoms with E-state index in [0.717, 1.165) is 12.1 Å². The first-order valence-electron chi connectivity index (χ1n) is 8.29. The Balaban J connectivity index is 2.21. The summed E-state index contributed by atoms with van der Waals surface area (Å²) >= 11 is 0. The van der Waals surface area contributed by atoms with Crippen LogP contribution >= 0.6 is 0 Å². The molecule has 1 atom stereocenters.